The molecule has 0 fully saturated rings. The molecular weight excluding hydrogens is 258 g/mol. The van der Waals surface area contributed by atoms with Gasteiger partial charge in [-0.15, -0.1) is 0 Å². The monoisotopic (exact) mass is 273 g/mol. The number of carboxylic acid groups (broad SMARTS) is 1. The summed E-state index contributed by atoms with van der Waals surface area (Å²) in [5.74, 6) is -0.714. The van der Waals surface area contributed by atoms with Crippen LogP contribution < -0.4 is 10.3 Å². The van der Waals surface area contributed by atoms with Gasteiger partial charge in [-0.05, 0) is 37.1 Å². The highest BCUT2D eigenvalue weighted by atomic mass is 16.5. The van der Waals surface area contributed by atoms with Gasteiger partial charge in [-0.25, -0.2) is 4.79 Å². The molecule has 0 atom stereocenters. The first-order valence-electron chi connectivity index (χ1n) is 6.07. The van der Waals surface area contributed by atoms with Crippen LogP contribution in [0.5, 0.6) is 5.75 Å². The molecule has 1 N–H and O–H groups in total. The number of aryl methyl sites for hydroxylation is 1. The maximum atomic E-state index is 12.4. The van der Waals surface area contributed by atoms with E-state index >= 15 is 0 Å². The highest BCUT2D eigenvalue weighted by Gasteiger charge is 2.18. The highest BCUT2D eigenvalue weighted by molar-refractivity contribution is 5.89. The van der Waals surface area contributed by atoms with Crippen LogP contribution in [0.2, 0.25) is 0 Å². The number of hydrogen-bond donors (Lipinski definition) is 1. The van der Waals surface area contributed by atoms with Gasteiger partial charge in [-0.1, -0.05) is 12.1 Å². The van der Waals surface area contributed by atoms with Gasteiger partial charge in [0.25, 0.3) is 5.56 Å². The molecule has 5 nitrogen and oxygen atoms in total. The molecule has 0 unspecified atom stereocenters. The summed E-state index contributed by atoms with van der Waals surface area (Å²) < 4.78 is 6.53. The number of nitrogens with zero attached hydrogens (tertiary/aromatic N) is 1. The quantitative estimate of drug-likeness (QED) is 0.930. The average Bonchev–Trinajstić information content (AvgIpc) is 2.42. The Morgan fingerprint density at radius 1 is 1.25 bits per heavy atom. The lowest BCUT2D eigenvalue weighted by Gasteiger charge is -2.14. The third kappa shape index (κ3) is 2.18. The zero-order valence-corrected chi connectivity index (χ0v) is 11.5. The van der Waals surface area contributed by atoms with Crippen molar-refractivity contribution in [1.29, 1.82) is 0 Å². The van der Waals surface area contributed by atoms with E-state index in [1.54, 1.807) is 44.3 Å². The van der Waals surface area contributed by atoms with E-state index in [0.717, 1.165) is 5.56 Å². The first-order chi connectivity index (χ1) is 9.47. The topological polar surface area (TPSA) is 68.5 Å². The number of benzene rings is 1. The Hall–Kier alpha value is -2.56. The molecule has 5 heteroatoms. The Balaban J connectivity index is 2.83. The van der Waals surface area contributed by atoms with E-state index < -0.39 is 11.5 Å². The largest absolute Gasteiger partial charge is 0.495 e. The molecule has 0 aliphatic carbocycles. The minimum Gasteiger partial charge on any atom is -0.495 e. The molecule has 0 spiro atoms. The number of hydrogen-bond acceptors (Lipinski definition) is 3. The molecule has 104 valence electrons. The molecular formula is C15H15NO4. The molecule has 0 aliphatic rings. The Bertz CT molecular complexity index is 731. The summed E-state index contributed by atoms with van der Waals surface area (Å²) >= 11 is 0. The van der Waals surface area contributed by atoms with E-state index in [0.29, 0.717) is 17.0 Å². The van der Waals surface area contributed by atoms with E-state index in [2.05, 4.69) is 0 Å². The first-order valence-corrected chi connectivity index (χ1v) is 6.07. The van der Waals surface area contributed by atoms with Crippen LogP contribution in [0.4, 0.5) is 0 Å². The minimum atomic E-state index is -1.22. The summed E-state index contributed by atoms with van der Waals surface area (Å²) in [6.07, 6.45) is 1.63. The van der Waals surface area contributed by atoms with Crippen molar-refractivity contribution in [3.63, 3.8) is 0 Å². The predicted molar refractivity (Wildman–Crippen MR) is 75.0 cm³/mol. The van der Waals surface area contributed by atoms with Gasteiger partial charge in [0.2, 0.25) is 0 Å². The number of aromatic nitrogens is 1. The number of methoxy groups -OCH3 is 1. The first kappa shape index (κ1) is 13.9. The molecule has 1 heterocycles. The summed E-state index contributed by atoms with van der Waals surface area (Å²) in [7, 11) is 1.50. The third-order valence-electron chi connectivity index (χ3n) is 3.28. The van der Waals surface area contributed by atoms with Gasteiger partial charge in [0.15, 0.2) is 0 Å². The summed E-state index contributed by atoms with van der Waals surface area (Å²) in [5.41, 5.74) is 0.952. The second-order valence-electron chi connectivity index (χ2n) is 4.46. The predicted octanol–water partition coefficient (Wildman–Crippen LogP) is 2.16. The van der Waals surface area contributed by atoms with E-state index in [9.17, 15) is 14.7 Å². The fourth-order valence-electron chi connectivity index (χ4n) is 2.09. The molecule has 2 rings (SSSR count). The van der Waals surface area contributed by atoms with Gasteiger partial charge in [0, 0.05) is 6.20 Å². The van der Waals surface area contributed by atoms with E-state index in [-0.39, 0.29) is 5.56 Å². The fourth-order valence-corrected chi connectivity index (χ4v) is 2.09. The van der Waals surface area contributed by atoms with Crippen molar-refractivity contribution < 1.29 is 14.6 Å². The normalized spacial score (nSPS) is 10.3. The Kier molecular flexibility index (Phi) is 3.61. The molecule has 0 amide bonds. The van der Waals surface area contributed by atoms with Crippen LogP contribution in [-0.2, 0) is 0 Å². The number of carbonyl (C=O) groups is 1. The van der Waals surface area contributed by atoms with Crippen molar-refractivity contribution in [1.82, 2.24) is 4.57 Å². The van der Waals surface area contributed by atoms with Gasteiger partial charge in [-0.3, -0.25) is 9.36 Å². The summed E-state index contributed by atoms with van der Waals surface area (Å²) in [6.45, 7) is 3.40. The Morgan fingerprint density at radius 2 is 1.90 bits per heavy atom. The van der Waals surface area contributed by atoms with Crippen molar-refractivity contribution in [3.8, 4) is 11.4 Å². The van der Waals surface area contributed by atoms with Crippen LogP contribution in [0.15, 0.2) is 35.3 Å². The molecule has 2 aromatic rings. The lowest BCUT2D eigenvalue weighted by atomic mass is 10.1. The number of carboxylic acids is 1. The van der Waals surface area contributed by atoms with Gasteiger partial charge >= 0.3 is 5.97 Å². The minimum absolute atomic E-state index is 0.212. The van der Waals surface area contributed by atoms with Gasteiger partial charge in [0.1, 0.15) is 11.3 Å². The number of ether oxygens (including phenoxy) is 1. The van der Waals surface area contributed by atoms with Crippen LogP contribution in [0.3, 0.4) is 0 Å². The van der Waals surface area contributed by atoms with Gasteiger partial charge in [-0.2, -0.15) is 0 Å². The highest BCUT2D eigenvalue weighted by Crippen LogP contribution is 2.22. The zero-order valence-electron chi connectivity index (χ0n) is 11.5. The van der Waals surface area contributed by atoms with E-state index in [1.807, 2.05) is 0 Å². The van der Waals surface area contributed by atoms with Gasteiger partial charge < -0.3 is 9.84 Å². The second kappa shape index (κ2) is 5.21. The molecule has 0 aliphatic heterocycles. The molecule has 20 heavy (non-hydrogen) atoms. The Labute approximate surface area is 116 Å². The number of rotatable bonds is 3. The van der Waals surface area contributed by atoms with Crippen molar-refractivity contribution in [3.05, 3.63) is 57.5 Å². The fraction of sp³-hybridized carbons (Fsp3) is 0.200. The second-order valence-corrected chi connectivity index (χ2v) is 4.46. The van der Waals surface area contributed by atoms with Crippen molar-refractivity contribution in [2.45, 2.75) is 13.8 Å². The average molecular weight is 273 g/mol. The van der Waals surface area contributed by atoms with Crippen LogP contribution in [0.25, 0.3) is 5.69 Å². The van der Waals surface area contributed by atoms with Crippen molar-refractivity contribution in [2.24, 2.45) is 0 Å². The molecule has 1 aromatic heterocycles. The maximum Gasteiger partial charge on any atom is 0.341 e. The SMILES string of the molecule is COc1ccccc1-n1cc(C)c(C)c(C(=O)O)c1=O. The van der Waals surface area contributed by atoms with E-state index in [4.69, 9.17) is 4.74 Å². The van der Waals surface area contributed by atoms with Crippen LogP contribution in [0, 0.1) is 13.8 Å². The summed E-state index contributed by atoms with van der Waals surface area (Å²) in [6, 6.07) is 6.98. The van der Waals surface area contributed by atoms with Crippen molar-refractivity contribution in [2.75, 3.05) is 7.11 Å². The molecule has 0 bridgehead atoms. The molecule has 0 saturated heterocycles. The van der Waals surface area contributed by atoms with Gasteiger partial charge in [0.05, 0.1) is 12.8 Å². The van der Waals surface area contributed by atoms with Crippen LogP contribution >= 0.6 is 0 Å². The van der Waals surface area contributed by atoms with Crippen molar-refractivity contribution >= 4 is 5.97 Å². The standard InChI is InChI=1S/C15H15NO4/c1-9-8-16(11-6-4-5-7-12(11)20-3)14(17)13(10(9)2)15(18)19/h4-8H,1-3H3,(H,18,19). The summed E-state index contributed by atoms with van der Waals surface area (Å²) in [4.78, 5) is 23.7. The molecule has 0 radical (unpaired) electrons. The lowest BCUT2D eigenvalue weighted by molar-refractivity contribution is 0.0693. The summed E-state index contributed by atoms with van der Waals surface area (Å²) in [5, 5.41) is 9.22. The Morgan fingerprint density at radius 3 is 2.50 bits per heavy atom. The number of para-hydroxylation sites is 2. The molecule has 1 aromatic carbocycles. The maximum absolute atomic E-state index is 12.4. The number of pyridine rings is 1. The van der Waals surface area contributed by atoms with Crippen LogP contribution in [-0.4, -0.2) is 22.8 Å². The molecule has 0 saturated carbocycles. The lowest BCUT2D eigenvalue weighted by Crippen LogP contribution is -2.27. The smallest absolute Gasteiger partial charge is 0.341 e. The third-order valence-corrected chi connectivity index (χ3v) is 3.28. The zero-order chi connectivity index (χ0) is 14.9. The van der Waals surface area contributed by atoms with Crippen LogP contribution in [0.1, 0.15) is 21.5 Å². The van der Waals surface area contributed by atoms with E-state index in [1.165, 1.54) is 11.7 Å². The number of aromatic carboxylic acids is 1.